The predicted molar refractivity (Wildman–Crippen MR) is 68.4 cm³/mol. The first kappa shape index (κ1) is 14.3. The number of aliphatic carboxylic acids is 1. The normalized spacial score (nSPS) is 38.9. The van der Waals surface area contributed by atoms with Crippen LogP contribution >= 0.6 is 0 Å². The van der Waals surface area contributed by atoms with Crippen molar-refractivity contribution in [3.8, 4) is 0 Å². The monoisotopic (exact) mass is 270 g/mol. The highest BCUT2D eigenvalue weighted by Crippen LogP contribution is 2.30. The van der Waals surface area contributed by atoms with Crippen molar-refractivity contribution < 1.29 is 19.4 Å². The van der Waals surface area contributed by atoms with E-state index in [2.05, 4.69) is 5.32 Å². The number of carboxylic acid groups (broad SMARTS) is 1. The van der Waals surface area contributed by atoms with E-state index in [4.69, 9.17) is 10.5 Å². The molecule has 0 aromatic carbocycles. The number of ether oxygens (including phenoxy) is 1. The molecule has 6 nitrogen and oxygen atoms in total. The van der Waals surface area contributed by atoms with Gasteiger partial charge in [0.1, 0.15) is 5.41 Å². The number of hydrogen-bond acceptors (Lipinski definition) is 4. The maximum Gasteiger partial charge on any atom is 0.313 e. The van der Waals surface area contributed by atoms with Crippen molar-refractivity contribution in [1.29, 1.82) is 0 Å². The van der Waals surface area contributed by atoms with Gasteiger partial charge in [-0.25, -0.2) is 0 Å². The Morgan fingerprint density at radius 2 is 2.05 bits per heavy atom. The fourth-order valence-electron chi connectivity index (χ4n) is 2.85. The van der Waals surface area contributed by atoms with Gasteiger partial charge in [-0.1, -0.05) is 12.8 Å². The van der Waals surface area contributed by atoms with Crippen molar-refractivity contribution >= 4 is 11.9 Å². The minimum absolute atomic E-state index is 0.118. The zero-order valence-corrected chi connectivity index (χ0v) is 11.2. The smallest absolute Gasteiger partial charge is 0.313 e. The minimum atomic E-state index is -1.05. The van der Waals surface area contributed by atoms with Gasteiger partial charge in [-0.3, -0.25) is 9.59 Å². The number of carboxylic acids is 1. The van der Waals surface area contributed by atoms with Crippen LogP contribution in [0.2, 0.25) is 0 Å². The Balaban J connectivity index is 2.00. The first-order valence-corrected chi connectivity index (χ1v) is 6.82. The second-order valence-electron chi connectivity index (χ2n) is 5.85. The zero-order valence-electron chi connectivity index (χ0n) is 11.2. The van der Waals surface area contributed by atoms with Gasteiger partial charge in [-0.2, -0.15) is 0 Å². The average Bonchev–Trinajstić information content (AvgIpc) is 2.73. The molecule has 6 heteroatoms. The second-order valence-corrected chi connectivity index (χ2v) is 5.85. The highest BCUT2D eigenvalue weighted by molar-refractivity contribution is 5.82. The standard InChI is InChI=1S/C13H22N2O4/c1-13(12(17)18)7-19-6-10(13)15-11(16)8-4-2-3-5-9(8)14/h8-10H,2-7,14H2,1H3,(H,15,16)(H,17,18). The van der Waals surface area contributed by atoms with Crippen molar-refractivity contribution in [2.24, 2.45) is 17.1 Å². The average molecular weight is 270 g/mol. The van der Waals surface area contributed by atoms with Gasteiger partial charge in [0.25, 0.3) is 0 Å². The summed E-state index contributed by atoms with van der Waals surface area (Å²) in [5.74, 6) is -1.27. The molecule has 2 aliphatic rings. The van der Waals surface area contributed by atoms with Crippen LogP contribution in [0.1, 0.15) is 32.6 Å². The first-order chi connectivity index (χ1) is 8.95. The molecule has 1 aliphatic heterocycles. The number of nitrogens with two attached hydrogens (primary N) is 1. The van der Waals surface area contributed by atoms with Crippen LogP contribution in [0.3, 0.4) is 0 Å². The Bertz CT molecular complexity index is 374. The van der Waals surface area contributed by atoms with Crippen molar-refractivity contribution in [3.05, 3.63) is 0 Å². The summed E-state index contributed by atoms with van der Waals surface area (Å²) in [6.45, 7) is 1.98. The lowest BCUT2D eigenvalue weighted by molar-refractivity contribution is -0.149. The number of rotatable bonds is 3. The van der Waals surface area contributed by atoms with E-state index >= 15 is 0 Å². The van der Waals surface area contributed by atoms with Gasteiger partial charge >= 0.3 is 5.97 Å². The van der Waals surface area contributed by atoms with Crippen LogP contribution in [0.4, 0.5) is 0 Å². The Kier molecular flexibility index (Phi) is 4.10. The van der Waals surface area contributed by atoms with Gasteiger partial charge in [-0.15, -0.1) is 0 Å². The van der Waals surface area contributed by atoms with E-state index in [0.717, 1.165) is 25.7 Å². The molecule has 1 saturated carbocycles. The van der Waals surface area contributed by atoms with Gasteiger partial charge in [0.2, 0.25) is 5.91 Å². The van der Waals surface area contributed by atoms with Crippen molar-refractivity contribution in [1.82, 2.24) is 5.32 Å². The fourth-order valence-corrected chi connectivity index (χ4v) is 2.85. The maximum atomic E-state index is 12.2. The molecular weight excluding hydrogens is 248 g/mol. The van der Waals surface area contributed by atoms with Crippen LogP contribution in [-0.2, 0) is 14.3 Å². The highest BCUT2D eigenvalue weighted by Gasteiger charge is 2.48. The summed E-state index contributed by atoms with van der Waals surface area (Å²) in [6.07, 6.45) is 3.70. The van der Waals surface area contributed by atoms with Gasteiger partial charge in [0, 0.05) is 6.04 Å². The van der Waals surface area contributed by atoms with E-state index in [1.165, 1.54) is 0 Å². The summed E-state index contributed by atoms with van der Waals surface area (Å²) in [5, 5.41) is 12.1. The third-order valence-corrected chi connectivity index (χ3v) is 4.42. The predicted octanol–water partition coefficient (Wildman–Crippen LogP) is 0.110. The lowest BCUT2D eigenvalue weighted by Gasteiger charge is -2.31. The summed E-state index contributed by atoms with van der Waals surface area (Å²) in [7, 11) is 0. The molecule has 4 atom stereocenters. The summed E-state index contributed by atoms with van der Waals surface area (Å²) in [5.41, 5.74) is 4.93. The maximum absolute atomic E-state index is 12.2. The van der Waals surface area contributed by atoms with Crippen molar-refractivity contribution in [2.45, 2.75) is 44.7 Å². The summed E-state index contributed by atoms with van der Waals surface area (Å²) in [6, 6.07) is -0.598. The van der Waals surface area contributed by atoms with Gasteiger partial charge < -0.3 is 20.9 Å². The Labute approximate surface area is 112 Å². The van der Waals surface area contributed by atoms with E-state index in [1.807, 2.05) is 0 Å². The molecule has 1 amide bonds. The van der Waals surface area contributed by atoms with Crippen LogP contribution in [-0.4, -0.2) is 42.3 Å². The van der Waals surface area contributed by atoms with E-state index in [-0.39, 0.29) is 31.1 Å². The molecule has 0 radical (unpaired) electrons. The molecule has 4 N–H and O–H groups in total. The van der Waals surface area contributed by atoms with Crippen LogP contribution in [0.25, 0.3) is 0 Å². The van der Waals surface area contributed by atoms with Gasteiger partial charge in [0.15, 0.2) is 0 Å². The Morgan fingerprint density at radius 1 is 1.37 bits per heavy atom. The van der Waals surface area contributed by atoms with E-state index in [1.54, 1.807) is 6.92 Å². The van der Waals surface area contributed by atoms with Gasteiger partial charge in [-0.05, 0) is 19.8 Å². The van der Waals surface area contributed by atoms with E-state index in [0.29, 0.717) is 0 Å². The third-order valence-electron chi connectivity index (χ3n) is 4.42. The van der Waals surface area contributed by atoms with E-state index < -0.39 is 17.4 Å². The quantitative estimate of drug-likeness (QED) is 0.675. The fraction of sp³-hybridized carbons (Fsp3) is 0.846. The summed E-state index contributed by atoms with van der Waals surface area (Å²) in [4.78, 5) is 23.5. The number of nitrogens with one attached hydrogen (secondary N) is 1. The lowest BCUT2D eigenvalue weighted by Crippen LogP contribution is -2.53. The molecule has 4 unspecified atom stereocenters. The van der Waals surface area contributed by atoms with Crippen LogP contribution in [0.5, 0.6) is 0 Å². The Morgan fingerprint density at radius 3 is 2.68 bits per heavy atom. The number of carbonyl (C=O) groups excluding carboxylic acids is 1. The summed E-state index contributed by atoms with van der Waals surface area (Å²) >= 11 is 0. The van der Waals surface area contributed by atoms with Crippen molar-refractivity contribution in [3.63, 3.8) is 0 Å². The molecule has 2 fully saturated rings. The summed E-state index contributed by atoms with van der Waals surface area (Å²) < 4.78 is 5.22. The van der Waals surface area contributed by atoms with Crippen LogP contribution in [0, 0.1) is 11.3 Å². The molecule has 0 aromatic rings. The third kappa shape index (κ3) is 2.74. The number of hydrogen-bond donors (Lipinski definition) is 3. The molecular formula is C13H22N2O4. The molecule has 0 spiro atoms. The van der Waals surface area contributed by atoms with Crippen LogP contribution < -0.4 is 11.1 Å². The molecule has 108 valence electrons. The molecule has 2 rings (SSSR count). The Hall–Kier alpha value is -1.14. The second kappa shape index (κ2) is 5.46. The number of carbonyl (C=O) groups is 2. The first-order valence-electron chi connectivity index (χ1n) is 6.82. The van der Waals surface area contributed by atoms with Crippen LogP contribution in [0.15, 0.2) is 0 Å². The topological polar surface area (TPSA) is 102 Å². The highest BCUT2D eigenvalue weighted by atomic mass is 16.5. The molecule has 1 saturated heterocycles. The largest absolute Gasteiger partial charge is 0.481 e. The van der Waals surface area contributed by atoms with Gasteiger partial charge in [0.05, 0.1) is 25.2 Å². The molecule has 1 heterocycles. The SMILES string of the molecule is CC1(C(=O)O)COCC1NC(=O)C1CCCCC1N. The minimum Gasteiger partial charge on any atom is -0.481 e. The lowest BCUT2D eigenvalue weighted by atomic mass is 9.82. The zero-order chi connectivity index (χ0) is 14.0. The molecule has 0 aromatic heterocycles. The molecule has 19 heavy (non-hydrogen) atoms. The number of amides is 1. The molecule has 0 bridgehead atoms. The molecule has 1 aliphatic carbocycles. The van der Waals surface area contributed by atoms with Crippen molar-refractivity contribution in [2.75, 3.05) is 13.2 Å². The van der Waals surface area contributed by atoms with E-state index in [9.17, 15) is 14.7 Å².